The van der Waals surface area contributed by atoms with Crippen LogP contribution in [0.4, 0.5) is 0 Å². The van der Waals surface area contributed by atoms with Crippen molar-refractivity contribution < 1.29 is 0 Å². The summed E-state index contributed by atoms with van der Waals surface area (Å²) >= 11 is 1.86. The number of halogens is 1. The number of guanidine groups is 1. The molecule has 0 saturated carbocycles. The molecule has 0 aliphatic rings. The summed E-state index contributed by atoms with van der Waals surface area (Å²) in [4.78, 5) is 7.03. The van der Waals surface area contributed by atoms with Crippen LogP contribution in [0, 0.1) is 0 Å². The number of rotatable bonds is 7. The minimum absolute atomic E-state index is 0. The monoisotopic (exact) mass is 447 g/mol. The van der Waals surface area contributed by atoms with Crippen LogP contribution in [0.3, 0.4) is 0 Å². The summed E-state index contributed by atoms with van der Waals surface area (Å²) in [6.45, 7) is 3.91. The first kappa shape index (κ1) is 20.0. The SMILES string of the molecule is CCc1ccc(CNC(=NC)NCCCc2cnn(C)c2)s1.I. The highest BCUT2D eigenvalue weighted by Crippen LogP contribution is 2.16. The molecule has 0 amide bonds. The lowest BCUT2D eigenvalue weighted by Gasteiger charge is -2.10. The van der Waals surface area contributed by atoms with Crippen LogP contribution in [-0.4, -0.2) is 29.3 Å². The summed E-state index contributed by atoms with van der Waals surface area (Å²) in [7, 11) is 3.75. The number of nitrogens with one attached hydrogen (secondary N) is 2. The van der Waals surface area contributed by atoms with Crippen LogP contribution in [-0.2, 0) is 26.4 Å². The molecule has 0 aliphatic carbocycles. The van der Waals surface area contributed by atoms with E-state index < -0.39 is 0 Å². The van der Waals surface area contributed by atoms with Gasteiger partial charge in [-0.3, -0.25) is 9.67 Å². The second-order valence-corrected chi connectivity index (χ2v) is 6.45. The third-order valence-corrected chi connectivity index (χ3v) is 4.64. The van der Waals surface area contributed by atoms with Crippen molar-refractivity contribution in [3.63, 3.8) is 0 Å². The molecule has 0 unspecified atom stereocenters. The van der Waals surface area contributed by atoms with E-state index in [1.165, 1.54) is 15.3 Å². The molecule has 0 radical (unpaired) electrons. The van der Waals surface area contributed by atoms with Gasteiger partial charge in [0.15, 0.2) is 5.96 Å². The Morgan fingerprint density at radius 1 is 1.30 bits per heavy atom. The van der Waals surface area contributed by atoms with E-state index in [1.807, 2.05) is 36.3 Å². The highest BCUT2D eigenvalue weighted by atomic mass is 127. The third-order valence-electron chi connectivity index (χ3n) is 3.41. The molecule has 0 aromatic carbocycles. The number of aryl methyl sites for hydroxylation is 3. The highest BCUT2D eigenvalue weighted by molar-refractivity contribution is 14.0. The first-order valence-electron chi connectivity index (χ1n) is 7.71. The molecule has 5 nitrogen and oxygen atoms in total. The Morgan fingerprint density at radius 2 is 2.09 bits per heavy atom. The molecule has 0 saturated heterocycles. The van der Waals surface area contributed by atoms with Crippen LogP contribution in [0.5, 0.6) is 0 Å². The molecule has 0 aliphatic heterocycles. The molecule has 2 heterocycles. The molecule has 2 rings (SSSR count). The molecule has 0 fully saturated rings. The Kier molecular flexibility index (Phi) is 9.23. The maximum atomic E-state index is 4.26. The predicted octanol–water partition coefficient (Wildman–Crippen LogP) is 2.96. The van der Waals surface area contributed by atoms with Crippen molar-refractivity contribution in [1.82, 2.24) is 20.4 Å². The van der Waals surface area contributed by atoms with Gasteiger partial charge in [-0.2, -0.15) is 5.10 Å². The van der Waals surface area contributed by atoms with E-state index >= 15 is 0 Å². The molecule has 2 aromatic heterocycles. The zero-order chi connectivity index (χ0) is 15.8. The minimum atomic E-state index is 0. The summed E-state index contributed by atoms with van der Waals surface area (Å²) in [5, 5.41) is 10.9. The van der Waals surface area contributed by atoms with Gasteiger partial charge in [-0.1, -0.05) is 6.92 Å². The quantitative estimate of drug-likeness (QED) is 0.297. The molecule has 7 heteroatoms. The van der Waals surface area contributed by atoms with Crippen molar-refractivity contribution in [1.29, 1.82) is 0 Å². The summed E-state index contributed by atoms with van der Waals surface area (Å²) in [6, 6.07) is 4.39. The Balaban J connectivity index is 0.00000264. The van der Waals surface area contributed by atoms with Crippen LogP contribution in [0.15, 0.2) is 29.5 Å². The molecule has 0 spiro atoms. The average molecular weight is 447 g/mol. The largest absolute Gasteiger partial charge is 0.356 e. The number of hydrogen-bond acceptors (Lipinski definition) is 3. The first-order chi connectivity index (χ1) is 10.7. The number of thiophene rings is 1. The van der Waals surface area contributed by atoms with E-state index in [4.69, 9.17) is 0 Å². The van der Waals surface area contributed by atoms with Gasteiger partial charge in [0.05, 0.1) is 12.7 Å². The smallest absolute Gasteiger partial charge is 0.191 e. The van der Waals surface area contributed by atoms with Crippen LogP contribution >= 0.6 is 35.3 Å². The number of aromatic nitrogens is 2. The van der Waals surface area contributed by atoms with Gasteiger partial charge in [0.25, 0.3) is 0 Å². The maximum absolute atomic E-state index is 4.26. The van der Waals surface area contributed by atoms with E-state index in [1.54, 1.807) is 0 Å². The Morgan fingerprint density at radius 3 is 2.70 bits per heavy atom. The summed E-state index contributed by atoms with van der Waals surface area (Å²) in [5.41, 5.74) is 1.28. The number of aliphatic imine (C=N–C) groups is 1. The van der Waals surface area contributed by atoms with E-state index in [2.05, 4.69) is 46.0 Å². The summed E-state index contributed by atoms with van der Waals surface area (Å²) in [5.74, 6) is 0.859. The van der Waals surface area contributed by atoms with E-state index in [0.29, 0.717) is 0 Å². The van der Waals surface area contributed by atoms with Crippen LogP contribution in [0.25, 0.3) is 0 Å². The molecule has 0 atom stereocenters. The van der Waals surface area contributed by atoms with Crippen molar-refractivity contribution in [2.75, 3.05) is 13.6 Å². The Labute approximate surface area is 159 Å². The van der Waals surface area contributed by atoms with Crippen molar-refractivity contribution in [2.45, 2.75) is 32.7 Å². The third kappa shape index (κ3) is 6.90. The van der Waals surface area contributed by atoms with Crippen molar-refractivity contribution in [3.05, 3.63) is 39.8 Å². The van der Waals surface area contributed by atoms with E-state index in [-0.39, 0.29) is 24.0 Å². The number of hydrogen-bond donors (Lipinski definition) is 2. The summed E-state index contributed by atoms with van der Waals surface area (Å²) < 4.78 is 1.84. The van der Waals surface area contributed by atoms with Gasteiger partial charge in [-0.25, -0.2) is 0 Å². The molecule has 23 heavy (non-hydrogen) atoms. The zero-order valence-corrected chi connectivity index (χ0v) is 17.1. The highest BCUT2D eigenvalue weighted by Gasteiger charge is 2.01. The lowest BCUT2D eigenvalue weighted by molar-refractivity contribution is 0.741. The number of nitrogens with zero attached hydrogens (tertiary/aromatic N) is 3. The van der Waals surface area contributed by atoms with Crippen LogP contribution < -0.4 is 10.6 Å². The van der Waals surface area contributed by atoms with Crippen molar-refractivity contribution in [2.24, 2.45) is 12.0 Å². The standard InChI is InChI=1S/C16H25N5S.HI/c1-4-14-7-8-15(22-14)11-19-16(17-2)18-9-5-6-13-10-20-21(3)12-13;/h7-8,10,12H,4-6,9,11H2,1-3H3,(H2,17,18,19);1H. The van der Waals surface area contributed by atoms with Gasteiger partial charge in [0.1, 0.15) is 0 Å². The fourth-order valence-electron chi connectivity index (χ4n) is 2.20. The molecule has 0 bridgehead atoms. The van der Waals surface area contributed by atoms with Gasteiger partial charge in [-0.15, -0.1) is 35.3 Å². The molecule has 2 aromatic rings. The normalized spacial score (nSPS) is 11.2. The fraction of sp³-hybridized carbons (Fsp3) is 0.500. The van der Waals surface area contributed by atoms with Gasteiger partial charge in [0, 0.05) is 36.6 Å². The average Bonchev–Trinajstić information content (AvgIpc) is 3.15. The Hall–Kier alpha value is -1.09. The lowest BCUT2D eigenvalue weighted by Crippen LogP contribution is -2.37. The lowest BCUT2D eigenvalue weighted by atomic mass is 10.2. The van der Waals surface area contributed by atoms with Gasteiger partial charge in [0.2, 0.25) is 0 Å². The van der Waals surface area contributed by atoms with Crippen LogP contribution in [0.2, 0.25) is 0 Å². The van der Waals surface area contributed by atoms with Gasteiger partial charge >= 0.3 is 0 Å². The minimum Gasteiger partial charge on any atom is -0.356 e. The first-order valence-corrected chi connectivity index (χ1v) is 8.52. The fourth-order valence-corrected chi connectivity index (χ4v) is 3.10. The van der Waals surface area contributed by atoms with Crippen LogP contribution in [0.1, 0.15) is 28.7 Å². The predicted molar refractivity (Wildman–Crippen MR) is 109 cm³/mol. The van der Waals surface area contributed by atoms with Crippen molar-refractivity contribution >= 4 is 41.3 Å². The van der Waals surface area contributed by atoms with E-state index in [9.17, 15) is 0 Å². The van der Waals surface area contributed by atoms with E-state index in [0.717, 1.165) is 38.3 Å². The second kappa shape index (κ2) is 10.6. The molecular formula is C16H26IN5S. The maximum Gasteiger partial charge on any atom is 0.191 e. The molecule has 2 N–H and O–H groups in total. The zero-order valence-electron chi connectivity index (χ0n) is 14.0. The second-order valence-electron chi connectivity index (χ2n) is 5.20. The van der Waals surface area contributed by atoms with Gasteiger partial charge < -0.3 is 10.6 Å². The summed E-state index contributed by atoms with van der Waals surface area (Å²) in [6.07, 6.45) is 7.18. The molecule has 128 valence electrons. The Bertz CT molecular complexity index is 605. The topological polar surface area (TPSA) is 54.2 Å². The molecular weight excluding hydrogens is 421 g/mol. The van der Waals surface area contributed by atoms with Gasteiger partial charge in [-0.05, 0) is 37.0 Å². The van der Waals surface area contributed by atoms with Crippen molar-refractivity contribution in [3.8, 4) is 0 Å².